The van der Waals surface area contributed by atoms with Crippen LogP contribution in [0.2, 0.25) is 0 Å². The summed E-state index contributed by atoms with van der Waals surface area (Å²) < 4.78 is 5.38. The maximum atomic E-state index is 12.6. The molecule has 150 valence electrons. The molecule has 2 aliphatic rings. The van der Waals surface area contributed by atoms with Crippen molar-refractivity contribution in [3.8, 4) is 0 Å². The molecule has 0 fully saturated rings. The lowest BCUT2D eigenvalue weighted by Crippen LogP contribution is -2.39. The van der Waals surface area contributed by atoms with E-state index in [9.17, 15) is 14.4 Å². The standard InChI is InChI=1S/C22H22N2O4S/c1-13(21(26)24-17-8-4-6-14-5-2-3-7-16(14)17)28-22(27)15-9-10-19-18(11-15)23-20(25)12-29-19/h2-3,5,7,9-11,13,17H,4,6,8,12H2,1H3,(H,23,25)(H,24,26)/t13-,17+/m0/s1. The van der Waals surface area contributed by atoms with Gasteiger partial charge in [-0.2, -0.15) is 0 Å². The predicted molar refractivity (Wildman–Crippen MR) is 111 cm³/mol. The summed E-state index contributed by atoms with van der Waals surface area (Å²) in [6, 6.07) is 13.0. The van der Waals surface area contributed by atoms with Crippen molar-refractivity contribution in [1.29, 1.82) is 0 Å². The van der Waals surface area contributed by atoms with Gasteiger partial charge in [0, 0.05) is 4.90 Å². The average Bonchev–Trinajstić information content (AvgIpc) is 2.73. The minimum atomic E-state index is -0.920. The molecule has 0 bridgehead atoms. The fourth-order valence-electron chi connectivity index (χ4n) is 3.69. The van der Waals surface area contributed by atoms with E-state index in [0.29, 0.717) is 17.0 Å². The monoisotopic (exact) mass is 410 g/mol. The Balaban J connectivity index is 1.40. The van der Waals surface area contributed by atoms with E-state index < -0.39 is 12.1 Å². The number of benzene rings is 2. The summed E-state index contributed by atoms with van der Waals surface area (Å²) >= 11 is 1.42. The molecule has 1 heterocycles. The van der Waals surface area contributed by atoms with Gasteiger partial charge in [0.2, 0.25) is 5.91 Å². The summed E-state index contributed by atoms with van der Waals surface area (Å²) in [6.45, 7) is 1.57. The van der Waals surface area contributed by atoms with E-state index in [2.05, 4.69) is 16.7 Å². The van der Waals surface area contributed by atoms with Gasteiger partial charge in [0.05, 0.1) is 23.0 Å². The van der Waals surface area contributed by atoms with E-state index in [1.165, 1.54) is 17.3 Å². The highest BCUT2D eigenvalue weighted by molar-refractivity contribution is 8.00. The quantitative estimate of drug-likeness (QED) is 0.754. The van der Waals surface area contributed by atoms with Crippen molar-refractivity contribution in [2.75, 3.05) is 11.1 Å². The predicted octanol–water partition coefficient (Wildman–Crippen LogP) is 3.47. The maximum absolute atomic E-state index is 12.6. The lowest BCUT2D eigenvalue weighted by atomic mass is 9.87. The molecular formula is C22H22N2O4S. The third-order valence-electron chi connectivity index (χ3n) is 5.19. The van der Waals surface area contributed by atoms with Gasteiger partial charge >= 0.3 is 5.97 Å². The molecule has 2 aromatic rings. The number of nitrogens with one attached hydrogen (secondary N) is 2. The number of hydrogen-bond donors (Lipinski definition) is 2. The fraction of sp³-hybridized carbons (Fsp3) is 0.318. The molecule has 7 heteroatoms. The SMILES string of the molecule is C[C@H](OC(=O)c1ccc2c(c1)NC(=O)CS2)C(=O)N[C@@H]1CCCc2ccccc21. The molecule has 0 unspecified atom stereocenters. The van der Waals surface area contributed by atoms with Gasteiger partial charge in [0.25, 0.3) is 5.91 Å². The summed E-state index contributed by atoms with van der Waals surface area (Å²) in [5.74, 6) is -0.655. The van der Waals surface area contributed by atoms with Crippen LogP contribution in [0.1, 0.15) is 47.3 Å². The number of carbonyl (C=O) groups excluding carboxylic acids is 3. The van der Waals surface area contributed by atoms with Crippen LogP contribution in [0.3, 0.4) is 0 Å². The molecule has 2 atom stereocenters. The Labute approximate surface area is 173 Å². The molecule has 1 aliphatic heterocycles. The van der Waals surface area contributed by atoms with E-state index in [-0.39, 0.29) is 17.9 Å². The first-order valence-electron chi connectivity index (χ1n) is 9.67. The van der Waals surface area contributed by atoms with Crippen molar-refractivity contribution < 1.29 is 19.1 Å². The van der Waals surface area contributed by atoms with Gasteiger partial charge in [0.1, 0.15) is 0 Å². The van der Waals surface area contributed by atoms with Gasteiger partial charge in [0.15, 0.2) is 6.10 Å². The van der Waals surface area contributed by atoms with Crippen molar-refractivity contribution in [1.82, 2.24) is 5.32 Å². The molecule has 6 nitrogen and oxygen atoms in total. The molecule has 0 spiro atoms. The molecule has 0 radical (unpaired) electrons. The molecule has 2 amide bonds. The zero-order valence-electron chi connectivity index (χ0n) is 16.1. The summed E-state index contributed by atoms with van der Waals surface area (Å²) in [7, 11) is 0. The molecule has 0 saturated carbocycles. The third kappa shape index (κ3) is 4.29. The number of fused-ring (bicyclic) bond motifs is 2. The fourth-order valence-corrected chi connectivity index (χ4v) is 4.47. The molecule has 29 heavy (non-hydrogen) atoms. The normalized spacial score (nSPS) is 18.7. The van der Waals surface area contributed by atoms with Crippen LogP contribution in [0.5, 0.6) is 0 Å². The van der Waals surface area contributed by atoms with Crippen molar-refractivity contribution in [3.63, 3.8) is 0 Å². The van der Waals surface area contributed by atoms with Crippen LogP contribution < -0.4 is 10.6 Å². The van der Waals surface area contributed by atoms with Crippen molar-refractivity contribution >= 4 is 35.2 Å². The van der Waals surface area contributed by atoms with E-state index in [0.717, 1.165) is 29.7 Å². The van der Waals surface area contributed by atoms with Crippen LogP contribution in [0.15, 0.2) is 47.4 Å². The highest BCUT2D eigenvalue weighted by Crippen LogP contribution is 2.32. The summed E-state index contributed by atoms with van der Waals surface area (Å²) in [4.78, 5) is 37.6. The number of rotatable bonds is 4. The van der Waals surface area contributed by atoms with Crippen molar-refractivity contribution in [2.45, 2.75) is 43.2 Å². The van der Waals surface area contributed by atoms with Gasteiger partial charge in [-0.25, -0.2) is 4.79 Å². The topological polar surface area (TPSA) is 84.5 Å². The molecular weight excluding hydrogens is 388 g/mol. The largest absolute Gasteiger partial charge is 0.449 e. The number of carbonyl (C=O) groups is 3. The van der Waals surface area contributed by atoms with Crippen LogP contribution in [0, 0.1) is 0 Å². The molecule has 2 N–H and O–H groups in total. The second-order valence-electron chi connectivity index (χ2n) is 7.25. The first kappa shape index (κ1) is 19.5. The molecule has 0 saturated heterocycles. The van der Waals surface area contributed by atoms with Gasteiger partial charge in [-0.1, -0.05) is 24.3 Å². The second kappa shape index (κ2) is 8.29. The van der Waals surface area contributed by atoms with Crippen molar-refractivity contribution in [2.24, 2.45) is 0 Å². The Kier molecular flexibility index (Phi) is 5.58. The summed E-state index contributed by atoms with van der Waals surface area (Å²) in [5.41, 5.74) is 3.28. The third-order valence-corrected chi connectivity index (χ3v) is 6.26. The van der Waals surface area contributed by atoms with Gasteiger partial charge < -0.3 is 15.4 Å². The lowest BCUT2D eigenvalue weighted by Gasteiger charge is -2.27. The Bertz CT molecular complexity index is 975. The number of thioether (sulfide) groups is 1. The number of hydrogen-bond acceptors (Lipinski definition) is 5. The molecule has 2 aromatic carbocycles. The first-order chi connectivity index (χ1) is 14.0. The van der Waals surface area contributed by atoms with Gasteiger partial charge in [-0.3, -0.25) is 9.59 Å². The van der Waals surface area contributed by atoms with Crippen LogP contribution in [0.25, 0.3) is 0 Å². The van der Waals surface area contributed by atoms with Crippen LogP contribution >= 0.6 is 11.8 Å². The highest BCUT2D eigenvalue weighted by Gasteiger charge is 2.26. The molecule has 0 aromatic heterocycles. The smallest absolute Gasteiger partial charge is 0.338 e. The van der Waals surface area contributed by atoms with E-state index in [1.54, 1.807) is 25.1 Å². The van der Waals surface area contributed by atoms with E-state index in [4.69, 9.17) is 4.74 Å². The number of anilines is 1. The number of amides is 2. The minimum Gasteiger partial charge on any atom is -0.449 e. The molecule has 4 rings (SSSR count). The minimum absolute atomic E-state index is 0.0652. The highest BCUT2D eigenvalue weighted by atomic mass is 32.2. The Morgan fingerprint density at radius 1 is 1.24 bits per heavy atom. The Morgan fingerprint density at radius 2 is 2.07 bits per heavy atom. The Morgan fingerprint density at radius 3 is 2.93 bits per heavy atom. The van der Waals surface area contributed by atoms with E-state index in [1.807, 2.05) is 18.2 Å². The van der Waals surface area contributed by atoms with Crippen LogP contribution in [-0.2, 0) is 20.7 Å². The Hall–Kier alpha value is -2.80. The first-order valence-corrected chi connectivity index (χ1v) is 10.7. The van der Waals surface area contributed by atoms with Crippen LogP contribution in [-0.4, -0.2) is 29.6 Å². The number of aryl methyl sites for hydroxylation is 1. The van der Waals surface area contributed by atoms with Crippen LogP contribution in [0.4, 0.5) is 5.69 Å². The number of esters is 1. The molecule has 1 aliphatic carbocycles. The van der Waals surface area contributed by atoms with Gasteiger partial charge in [-0.05, 0) is 55.5 Å². The summed E-state index contributed by atoms with van der Waals surface area (Å²) in [5, 5.41) is 5.76. The lowest BCUT2D eigenvalue weighted by molar-refractivity contribution is -0.130. The van der Waals surface area contributed by atoms with E-state index >= 15 is 0 Å². The zero-order chi connectivity index (χ0) is 20.4. The number of ether oxygens (including phenoxy) is 1. The second-order valence-corrected chi connectivity index (χ2v) is 8.26. The van der Waals surface area contributed by atoms with Crippen molar-refractivity contribution in [3.05, 3.63) is 59.2 Å². The summed E-state index contributed by atoms with van der Waals surface area (Å²) in [6.07, 6.45) is 1.97. The maximum Gasteiger partial charge on any atom is 0.338 e. The van der Waals surface area contributed by atoms with Gasteiger partial charge in [-0.15, -0.1) is 11.8 Å². The average molecular weight is 410 g/mol. The zero-order valence-corrected chi connectivity index (χ0v) is 16.9.